The second-order valence-electron chi connectivity index (χ2n) is 2.99. The quantitative estimate of drug-likeness (QED) is 0.454. The first-order valence-corrected chi connectivity index (χ1v) is 4.02. The largest absolute Gasteiger partial charge is 0.245 e. The van der Waals surface area contributed by atoms with Crippen molar-refractivity contribution in [3.8, 4) is 0 Å². The average Bonchev–Trinajstić information content (AvgIpc) is 2.52. The van der Waals surface area contributed by atoms with E-state index in [2.05, 4.69) is 4.99 Å². The van der Waals surface area contributed by atoms with Crippen LogP contribution in [0.3, 0.4) is 0 Å². The van der Waals surface area contributed by atoms with Gasteiger partial charge in [-0.05, 0) is 18.8 Å². The minimum absolute atomic E-state index is 0.00810. The van der Waals surface area contributed by atoms with Crippen LogP contribution in [0.2, 0.25) is 0 Å². The number of carbonyl (C=O) groups excluding carboxylic acids is 1. The maximum atomic E-state index is 13.0. The first kappa shape index (κ1) is 8.41. The SMILES string of the molecule is O=C=NCC(F)C1CCCC1. The van der Waals surface area contributed by atoms with Crippen molar-refractivity contribution in [2.75, 3.05) is 6.54 Å². The van der Waals surface area contributed by atoms with Crippen molar-refractivity contribution < 1.29 is 9.18 Å². The molecule has 0 amide bonds. The van der Waals surface area contributed by atoms with E-state index in [1.807, 2.05) is 0 Å². The lowest BCUT2D eigenvalue weighted by atomic mass is 10.0. The first-order valence-electron chi connectivity index (χ1n) is 4.02. The zero-order chi connectivity index (χ0) is 8.10. The van der Waals surface area contributed by atoms with E-state index in [1.165, 1.54) is 6.08 Å². The van der Waals surface area contributed by atoms with Crippen molar-refractivity contribution >= 4 is 6.08 Å². The molecular weight excluding hydrogens is 145 g/mol. The van der Waals surface area contributed by atoms with Gasteiger partial charge in [0.05, 0.1) is 6.54 Å². The average molecular weight is 157 g/mol. The lowest BCUT2D eigenvalue weighted by molar-refractivity contribution is 0.239. The number of alkyl halides is 1. The lowest BCUT2D eigenvalue weighted by Crippen LogP contribution is -2.15. The topological polar surface area (TPSA) is 29.4 Å². The van der Waals surface area contributed by atoms with Crippen LogP contribution in [0.1, 0.15) is 25.7 Å². The summed E-state index contributed by atoms with van der Waals surface area (Å²) in [5, 5.41) is 0. The standard InChI is InChI=1S/C8H12FNO/c9-8(5-10-6-11)7-3-1-2-4-7/h7-8H,1-5H2. The van der Waals surface area contributed by atoms with Crippen LogP contribution in [-0.2, 0) is 4.79 Å². The first-order chi connectivity index (χ1) is 5.34. The third kappa shape index (κ3) is 2.43. The lowest BCUT2D eigenvalue weighted by Gasteiger charge is -2.10. The van der Waals surface area contributed by atoms with Crippen LogP contribution in [0, 0.1) is 5.92 Å². The normalized spacial score (nSPS) is 21.2. The minimum atomic E-state index is -0.918. The van der Waals surface area contributed by atoms with E-state index in [0.717, 1.165) is 25.7 Å². The molecule has 0 aliphatic heterocycles. The molecule has 0 N–H and O–H groups in total. The fourth-order valence-electron chi connectivity index (χ4n) is 1.59. The van der Waals surface area contributed by atoms with Crippen LogP contribution < -0.4 is 0 Å². The molecular formula is C8H12FNO. The fourth-order valence-corrected chi connectivity index (χ4v) is 1.59. The number of hydrogen-bond acceptors (Lipinski definition) is 2. The Hall–Kier alpha value is -0.690. The van der Waals surface area contributed by atoms with Crippen molar-refractivity contribution in [1.29, 1.82) is 0 Å². The molecule has 0 aromatic carbocycles. The van der Waals surface area contributed by atoms with Crippen molar-refractivity contribution in [2.45, 2.75) is 31.9 Å². The zero-order valence-electron chi connectivity index (χ0n) is 6.42. The van der Waals surface area contributed by atoms with Crippen LogP contribution in [0.25, 0.3) is 0 Å². The number of hydrogen-bond donors (Lipinski definition) is 0. The zero-order valence-corrected chi connectivity index (χ0v) is 6.42. The number of aliphatic imine (C=N–C) groups is 1. The summed E-state index contributed by atoms with van der Waals surface area (Å²) >= 11 is 0. The van der Waals surface area contributed by atoms with Crippen LogP contribution in [0.15, 0.2) is 4.99 Å². The van der Waals surface area contributed by atoms with E-state index in [-0.39, 0.29) is 12.5 Å². The van der Waals surface area contributed by atoms with E-state index in [1.54, 1.807) is 0 Å². The molecule has 2 nitrogen and oxygen atoms in total. The minimum Gasteiger partial charge on any atom is -0.245 e. The van der Waals surface area contributed by atoms with E-state index >= 15 is 0 Å². The monoisotopic (exact) mass is 157 g/mol. The maximum absolute atomic E-state index is 13.0. The molecule has 1 rings (SSSR count). The summed E-state index contributed by atoms with van der Waals surface area (Å²) < 4.78 is 13.0. The molecule has 0 spiro atoms. The Morgan fingerprint density at radius 1 is 1.55 bits per heavy atom. The molecule has 62 valence electrons. The van der Waals surface area contributed by atoms with Gasteiger partial charge in [-0.2, -0.15) is 0 Å². The Morgan fingerprint density at radius 2 is 2.18 bits per heavy atom. The van der Waals surface area contributed by atoms with Gasteiger partial charge in [0.15, 0.2) is 0 Å². The summed E-state index contributed by atoms with van der Waals surface area (Å²) in [7, 11) is 0. The number of isocyanates is 1. The molecule has 1 fully saturated rings. The van der Waals surface area contributed by atoms with E-state index in [9.17, 15) is 9.18 Å². The highest BCUT2D eigenvalue weighted by molar-refractivity contribution is 5.32. The highest BCUT2D eigenvalue weighted by atomic mass is 19.1. The number of nitrogens with zero attached hydrogens (tertiary/aromatic N) is 1. The van der Waals surface area contributed by atoms with Gasteiger partial charge in [0.25, 0.3) is 0 Å². The van der Waals surface area contributed by atoms with Crippen molar-refractivity contribution in [2.24, 2.45) is 10.9 Å². The molecule has 0 bridgehead atoms. The van der Waals surface area contributed by atoms with Gasteiger partial charge in [0.2, 0.25) is 6.08 Å². The molecule has 1 atom stereocenters. The molecule has 0 saturated heterocycles. The van der Waals surface area contributed by atoms with Gasteiger partial charge < -0.3 is 0 Å². The molecule has 3 heteroatoms. The Balaban J connectivity index is 2.27. The summed E-state index contributed by atoms with van der Waals surface area (Å²) in [6.45, 7) is 0.00810. The van der Waals surface area contributed by atoms with Gasteiger partial charge in [-0.25, -0.2) is 14.2 Å². The molecule has 1 aliphatic carbocycles. The van der Waals surface area contributed by atoms with Crippen molar-refractivity contribution in [1.82, 2.24) is 0 Å². The van der Waals surface area contributed by atoms with Crippen LogP contribution >= 0.6 is 0 Å². The molecule has 0 heterocycles. The van der Waals surface area contributed by atoms with E-state index in [4.69, 9.17) is 0 Å². The number of halogens is 1. The van der Waals surface area contributed by atoms with Crippen LogP contribution in [0.4, 0.5) is 4.39 Å². The molecule has 1 aliphatic rings. The molecule has 0 aromatic heterocycles. The molecule has 0 aromatic rings. The Bertz CT molecular complexity index is 159. The van der Waals surface area contributed by atoms with Crippen LogP contribution in [0.5, 0.6) is 0 Å². The third-order valence-electron chi connectivity index (χ3n) is 2.24. The second kappa shape index (κ2) is 4.24. The second-order valence-corrected chi connectivity index (χ2v) is 2.99. The van der Waals surface area contributed by atoms with Gasteiger partial charge in [0, 0.05) is 0 Å². The molecule has 1 unspecified atom stereocenters. The highest BCUT2D eigenvalue weighted by Crippen LogP contribution is 2.29. The Labute approximate surface area is 65.5 Å². The Morgan fingerprint density at radius 3 is 2.73 bits per heavy atom. The van der Waals surface area contributed by atoms with Gasteiger partial charge in [0.1, 0.15) is 6.17 Å². The van der Waals surface area contributed by atoms with Gasteiger partial charge in [-0.15, -0.1) is 0 Å². The van der Waals surface area contributed by atoms with Crippen molar-refractivity contribution in [3.05, 3.63) is 0 Å². The predicted molar refractivity (Wildman–Crippen MR) is 39.8 cm³/mol. The van der Waals surface area contributed by atoms with Gasteiger partial charge in [-0.3, -0.25) is 0 Å². The Kier molecular flexibility index (Phi) is 3.24. The van der Waals surface area contributed by atoms with Crippen LogP contribution in [-0.4, -0.2) is 18.8 Å². The molecule has 1 saturated carbocycles. The predicted octanol–water partition coefficient (Wildman–Crippen LogP) is 1.85. The summed E-state index contributed by atoms with van der Waals surface area (Å²) in [6.07, 6.45) is 4.59. The maximum Gasteiger partial charge on any atom is 0.235 e. The fraction of sp³-hybridized carbons (Fsp3) is 0.875. The van der Waals surface area contributed by atoms with E-state index < -0.39 is 6.17 Å². The summed E-state index contributed by atoms with van der Waals surface area (Å²) in [5.41, 5.74) is 0. The highest BCUT2D eigenvalue weighted by Gasteiger charge is 2.23. The molecule has 0 radical (unpaired) electrons. The third-order valence-corrected chi connectivity index (χ3v) is 2.24. The summed E-state index contributed by atoms with van der Waals surface area (Å²) in [4.78, 5) is 12.9. The summed E-state index contributed by atoms with van der Waals surface area (Å²) in [5.74, 6) is 0.145. The van der Waals surface area contributed by atoms with E-state index in [0.29, 0.717) is 0 Å². The van der Waals surface area contributed by atoms with Gasteiger partial charge in [-0.1, -0.05) is 12.8 Å². The van der Waals surface area contributed by atoms with Gasteiger partial charge >= 0.3 is 0 Å². The van der Waals surface area contributed by atoms with Crippen molar-refractivity contribution in [3.63, 3.8) is 0 Å². The smallest absolute Gasteiger partial charge is 0.235 e. The molecule has 11 heavy (non-hydrogen) atoms. The number of rotatable bonds is 3. The summed E-state index contributed by atoms with van der Waals surface area (Å²) in [6, 6.07) is 0.